The van der Waals surface area contributed by atoms with E-state index in [1.165, 1.54) is 24.9 Å². The number of rotatable bonds is 9. The zero-order valence-corrected chi connectivity index (χ0v) is 17.4. The van der Waals surface area contributed by atoms with E-state index in [1.807, 2.05) is 24.5 Å². The van der Waals surface area contributed by atoms with Crippen LogP contribution in [0.2, 0.25) is 0 Å². The highest BCUT2D eigenvalue weighted by atomic mass is 32.2. The van der Waals surface area contributed by atoms with Crippen LogP contribution in [0, 0.1) is 5.82 Å². The van der Waals surface area contributed by atoms with Gasteiger partial charge in [-0.25, -0.2) is 4.39 Å². The smallest absolute Gasteiger partial charge is 0.233 e. The van der Waals surface area contributed by atoms with E-state index in [-0.39, 0.29) is 17.4 Å². The average Bonchev–Trinajstić information content (AvgIpc) is 3.39. The lowest BCUT2D eigenvalue weighted by atomic mass is 10.2. The minimum Gasteiger partial charge on any atom is -0.494 e. The summed E-state index contributed by atoms with van der Waals surface area (Å²) in [4.78, 5) is 14.4. The summed E-state index contributed by atoms with van der Waals surface area (Å²) in [6, 6.07) is 8.33. The number of benzene rings is 1. The Bertz CT molecular complexity index is 959. The number of methoxy groups -OCH3 is 1. The van der Waals surface area contributed by atoms with Crippen molar-refractivity contribution >= 4 is 17.7 Å². The zero-order chi connectivity index (χ0) is 20.8. The Hall–Kier alpha value is -2.81. The van der Waals surface area contributed by atoms with E-state index in [0.29, 0.717) is 41.9 Å². The SMILES string of the molecule is CCN(Cc1ccc(OC)c(F)c1)C(=O)CSc1nnc(-c2ccco2)n1CC. The minimum atomic E-state index is -0.440. The van der Waals surface area contributed by atoms with Gasteiger partial charge in [0.25, 0.3) is 0 Å². The number of thioether (sulfide) groups is 1. The third kappa shape index (κ3) is 4.79. The highest BCUT2D eigenvalue weighted by Crippen LogP contribution is 2.25. The Kier molecular flexibility index (Phi) is 6.92. The van der Waals surface area contributed by atoms with E-state index in [0.717, 1.165) is 0 Å². The maximum atomic E-state index is 13.9. The van der Waals surface area contributed by atoms with Gasteiger partial charge in [0.05, 0.1) is 19.1 Å². The van der Waals surface area contributed by atoms with Crippen molar-refractivity contribution in [2.45, 2.75) is 32.1 Å². The van der Waals surface area contributed by atoms with Gasteiger partial charge in [0.2, 0.25) is 5.91 Å². The van der Waals surface area contributed by atoms with Crippen LogP contribution < -0.4 is 4.74 Å². The van der Waals surface area contributed by atoms with Gasteiger partial charge in [-0.1, -0.05) is 17.8 Å². The van der Waals surface area contributed by atoms with E-state index in [4.69, 9.17) is 9.15 Å². The van der Waals surface area contributed by atoms with Gasteiger partial charge in [-0.05, 0) is 43.7 Å². The number of halogens is 1. The molecule has 0 spiro atoms. The molecule has 1 aromatic carbocycles. The lowest BCUT2D eigenvalue weighted by molar-refractivity contribution is -0.128. The molecule has 29 heavy (non-hydrogen) atoms. The van der Waals surface area contributed by atoms with Crippen molar-refractivity contribution in [3.05, 3.63) is 48.0 Å². The van der Waals surface area contributed by atoms with Crippen LogP contribution in [-0.2, 0) is 17.9 Å². The van der Waals surface area contributed by atoms with Crippen molar-refractivity contribution in [3.63, 3.8) is 0 Å². The van der Waals surface area contributed by atoms with Crippen molar-refractivity contribution < 1.29 is 18.3 Å². The number of hydrogen-bond acceptors (Lipinski definition) is 6. The summed E-state index contributed by atoms with van der Waals surface area (Å²) >= 11 is 1.32. The highest BCUT2D eigenvalue weighted by molar-refractivity contribution is 7.99. The molecule has 0 unspecified atom stereocenters. The van der Waals surface area contributed by atoms with Crippen molar-refractivity contribution in [1.82, 2.24) is 19.7 Å². The van der Waals surface area contributed by atoms with Gasteiger partial charge in [-0.3, -0.25) is 9.36 Å². The molecule has 0 bridgehead atoms. The molecule has 0 fully saturated rings. The molecular weight excluding hydrogens is 395 g/mol. The van der Waals surface area contributed by atoms with Crippen LogP contribution >= 0.6 is 11.8 Å². The summed E-state index contributed by atoms with van der Waals surface area (Å²) in [6.45, 7) is 5.38. The Morgan fingerprint density at radius 2 is 2.14 bits per heavy atom. The van der Waals surface area contributed by atoms with Crippen LogP contribution in [0.15, 0.2) is 46.2 Å². The fraction of sp³-hybridized carbons (Fsp3) is 0.350. The molecule has 2 aromatic heterocycles. The normalized spacial score (nSPS) is 10.9. The van der Waals surface area contributed by atoms with E-state index in [1.54, 1.807) is 29.4 Å². The lowest BCUT2D eigenvalue weighted by Gasteiger charge is -2.21. The molecule has 0 N–H and O–H groups in total. The molecule has 3 rings (SSSR count). The van der Waals surface area contributed by atoms with Crippen LogP contribution in [0.1, 0.15) is 19.4 Å². The number of amides is 1. The Morgan fingerprint density at radius 3 is 2.76 bits per heavy atom. The van der Waals surface area contributed by atoms with Gasteiger partial charge in [-0.2, -0.15) is 0 Å². The maximum Gasteiger partial charge on any atom is 0.233 e. The maximum absolute atomic E-state index is 13.9. The van der Waals surface area contributed by atoms with Crippen molar-refractivity contribution in [2.24, 2.45) is 0 Å². The van der Waals surface area contributed by atoms with Crippen LogP contribution in [0.5, 0.6) is 5.75 Å². The molecule has 0 saturated carbocycles. The standard InChI is InChI=1S/C20H23FN4O3S/c1-4-24(12-14-8-9-16(27-3)15(21)11-14)18(26)13-29-20-23-22-19(25(20)5-2)17-7-6-10-28-17/h6-11H,4-5,12-13H2,1-3H3. The molecule has 0 atom stereocenters. The first kappa shape index (κ1) is 20.9. The molecule has 3 aromatic rings. The first-order valence-corrected chi connectivity index (χ1v) is 10.3. The van der Waals surface area contributed by atoms with Gasteiger partial charge in [0.15, 0.2) is 28.3 Å². The fourth-order valence-corrected chi connectivity index (χ4v) is 3.80. The second kappa shape index (κ2) is 9.60. The monoisotopic (exact) mass is 418 g/mol. The van der Waals surface area contributed by atoms with Gasteiger partial charge in [0, 0.05) is 19.6 Å². The minimum absolute atomic E-state index is 0.0565. The van der Waals surface area contributed by atoms with E-state index in [9.17, 15) is 9.18 Å². The second-order valence-corrected chi connectivity index (χ2v) is 7.14. The second-order valence-electron chi connectivity index (χ2n) is 6.19. The first-order chi connectivity index (χ1) is 14.1. The number of nitrogens with zero attached hydrogens (tertiary/aromatic N) is 4. The number of ether oxygens (including phenoxy) is 1. The van der Waals surface area contributed by atoms with Crippen LogP contribution in [-0.4, -0.2) is 45.0 Å². The van der Waals surface area contributed by atoms with Crippen LogP contribution in [0.25, 0.3) is 11.6 Å². The van der Waals surface area contributed by atoms with Crippen molar-refractivity contribution in [1.29, 1.82) is 0 Å². The first-order valence-electron chi connectivity index (χ1n) is 9.27. The Labute approximate surface area is 172 Å². The fourth-order valence-electron chi connectivity index (χ4n) is 2.89. The molecule has 0 aliphatic rings. The predicted octanol–water partition coefficient (Wildman–Crippen LogP) is 3.85. The molecule has 0 aliphatic heterocycles. The molecule has 1 amide bonds. The largest absolute Gasteiger partial charge is 0.494 e. The Morgan fingerprint density at radius 1 is 1.31 bits per heavy atom. The lowest BCUT2D eigenvalue weighted by Crippen LogP contribution is -2.31. The van der Waals surface area contributed by atoms with Gasteiger partial charge in [-0.15, -0.1) is 10.2 Å². The molecular formula is C20H23FN4O3S. The summed E-state index contributed by atoms with van der Waals surface area (Å²) in [5.74, 6) is 1.17. The summed E-state index contributed by atoms with van der Waals surface area (Å²) < 4.78 is 26.2. The summed E-state index contributed by atoms with van der Waals surface area (Å²) in [5, 5.41) is 9.03. The number of furan rings is 1. The third-order valence-electron chi connectivity index (χ3n) is 4.42. The van der Waals surface area contributed by atoms with Gasteiger partial charge >= 0.3 is 0 Å². The Balaban J connectivity index is 1.65. The summed E-state index contributed by atoms with van der Waals surface area (Å²) in [6.07, 6.45) is 1.58. The number of aromatic nitrogens is 3. The summed E-state index contributed by atoms with van der Waals surface area (Å²) in [7, 11) is 1.42. The van der Waals surface area contributed by atoms with E-state index < -0.39 is 5.82 Å². The van der Waals surface area contributed by atoms with Crippen molar-refractivity contribution in [3.8, 4) is 17.3 Å². The summed E-state index contributed by atoms with van der Waals surface area (Å²) in [5.41, 5.74) is 0.709. The third-order valence-corrected chi connectivity index (χ3v) is 5.37. The van der Waals surface area contributed by atoms with Gasteiger partial charge in [0.1, 0.15) is 0 Å². The molecule has 9 heteroatoms. The van der Waals surface area contributed by atoms with Gasteiger partial charge < -0.3 is 14.1 Å². The number of carbonyl (C=O) groups is 1. The molecule has 7 nitrogen and oxygen atoms in total. The van der Waals surface area contributed by atoms with Crippen molar-refractivity contribution in [2.75, 3.05) is 19.4 Å². The topological polar surface area (TPSA) is 73.4 Å². The average molecular weight is 418 g/mol. The molecule has 0 radical (unpaired) electrons. The highest BCUT2D eigenvalue weighted by Gasteiger charge is 2.18. The van der Waals surface area contributed by atoms with Crippen LogP contribution in [0.3, 0.4) is 0 Å². The quantitative estimate of drug-likeness (QED) is 0.492. The van der Waals surface area contributed by atoms with E-state index >= 15 is 0 Å². The molecule has 2 heterocycles. The predicted molar refractivity (Wildman–Crippen MR) is 108 cm³/mol. The number of hydrogen-bond donors (Lipinski definition) is 0. The van der Waals surface area contributed by atoms with E-state index in [2.05, 4.69) is 10.2 Å². The molecule has 0 saturated heterocycles. The van der Waals surface area contributed by atoms with Crippen LogP contribution in [0.4, 0.5) is 4.39 Å². The molecule has 0 aliphatic carbocycles. The zero-order valence-electron chi connectivity index (χ0n) is 16.6. The number of carbonyl (C=O) groups excluding carboxylic acids is 1. The molecule has 154 valence electrons.